The molecule has 0 aliphatic heterocycles. The molecule has 0 heterocycles. The predicted octanol–water partition coefficient (Wildman–Crippen LogP) is 3.01. The lowest BCUT2D eigenvalue weighted by molar-refractivity contribution is -0.152. The topological polar surface area (TPSA) is 84.5 Å². The minimum atomic E-state index is -4.65. The van der Waals surface area contributed by atoms with Gasteiger partial charge in [-0.25, -0.2) is 0 Å². The number of ether oxygens (including phenoxy) is 1. The molecule has 0 spiro atoms. The highest BCUT2D eigenvalue weighted by Gasteiger charge is 2.34. The van der Waals surface area contributed by atoms with Gasteiger partial charge in [0.05, 0.1) is 11.3 Å². The first kappa shape index (κ1) is 20.9. The van der Waals surface area contributed by atoms with Gasteiger partial charge in [-0.05, 0) is 31.2 Å². The number of carbonyl (C=O) groups is 3. The molecule has 2 rings (SSSR count). The number of halogens is 3. The number of anilines is 1. The maximum Gasteiger partial charge on any atom is 0.418 e. The van der Waals surface area contributed by atoms with Gasteiger partial charge in [-0.15, -0.1) is 0 Å². The van der Waals surface area contributed by atoms with Gasteiger partial charge in [-0.1, -0.05) is 30.3 Å². The van der Waals surface area contributed by atoms with E-state index in [1.807, 2.05) is 0 Å². The van der Waals surface area contributed by atoms with Crippen molar-refractivity contribution in [1.82, 2.24) is 5.32 Å². The number of carbonyl (C=O) groups excluding carboxylic acids is 3. The average molecular weight is 394 g/mol. The van der Waals surface area contributed by atoms with Crippen LogP contribution in [0.15, 0.2) is 54.6 Å². The predicted molar refractivity (Wildman–Crippen MR) is 94.4 cm³/mol. The van der Waals surface area contributed by atoms with E-state index in [0.29, 0.717) is 5.56 Å². The van der Waals surface area contributed by atoms with E-state index in [4.69, 9.17) is 4.74 Å². The summed E-state index contributed by atoms with van der Waals surface area (Å²) in [4.78, 5) is 35.7. The summed E-state index contributed by atoms with van der Waals surface area (Å²) in [6.45, 7) is 0.715. The molecule has 2 amide bonds. The summed E-state index contributed by atoms with van der Waals surface area (Å²) in [5.41, 5.74) is -1.12. The molecular weight excluding hydrogens is 377 g/mol. The van der Waals surface area contributed by atoms with E-state index in [1.54, 1.807) is 30.3 Å². The molecule has 0 fully saturated rings. The van der Waals surface area contributed by atoms with Gasteiger partial charge >= 0.3 is 12.1 Å². The van der Waals surface area contributed by atoms with Crippen molar-refractivity contribution in [3.8, 4) is 0 Å². The van der Waals surface area contributed by atoms with Gasteiger partial charge in [0.2, 0.25) is 0 Å². The second-order valence-corrected chi connectivity index (χ2v) is 5.71. The molecule has 2 aromatic carbocycles. The van der Waals surface area contributed by atoms with Gasteiger partial charge in [-0.3, -0.25) is 14.4 Å². The Bertz CT molecular complexity index is 854. The number of nitrogens with one attached hydrogen (secondary N) is 2. The Morgan fingerprint density at radius 3 is 2.25 bits per heavy atom. The van der Waals surface area contributed by atoms with Crippen LogP contribution in [-0.2, 0) is 20.5 Å². The Labute approximate surface area is 158 Å². The standard InChI is InChI=1S/C19H17F3N2O4/c1-12(17(26)24-15-10-6-5-9-14(15)19(20,21)22)28-16(25)11-23-18(27)13-7-3-2-4-8-13/h2-10,12H,11H2,1H3,(H,23,27)(H,24,26). The van der Waals surface area contributed by atoms with Crippen molar-refractivity contribution in [2.75, 3.05) is 11.9 Å². The van der Waals surface area contributed by atoms with E-state index < -0.39 is 47.9 Å². The van der Waals surface area contributed by atoms with Crippen LogP contribution in [0, 0.1) is 0 Å². The molecule has 0 aromatic heterocycles. The molecule has 0 aliphatic carbocycles. The minimum absolute atomic E-state index is 0.338. The number of alkyl halides is 3. The van der Waals surface area contributed by atoms with Crippen molar-refractivity contribution >= 4 is 23.5 Å². The summed E-state index contributed by atoms with van der Waals surface area (Å²) in [6.07, 6.45) is -6.01. The van der Waals surface area contributed by atoms with Crippen molar-refractivity contribution in [3.63, 3.8) is 0 Å². The molecule has 1 unspecified atom stereocenters. The molecule has 0 radical (unpaired) electrons. The normalized spacial score (nSPS) is 12.0. The molecule has 0 saturated heterocycles. The van der Waals surface area contributed by atoms with Gasteiger partial charge in [0.1, 0.15) is 6.54 Å². The van der Waals surface area contributed by atoms with Crippen LogP contribution in [0.4, 0.5) is 18.9 Å². The fraction of sp³-hybridized carbons (Fsp3) is 0.211. The molecule has 0 saturated carbocycles. The number of hydrogen-bond acceptors (Lipinski definition) is 4. The average Bonchev–Trinajstić information content (AvgIpc) is 2.66. The first-order chi connectivity index (χ1) is 13.2. The lowest BCUT2D eigenvalue weighted by Crippen LogP contribution is -2.36. The Morgan fingerprint density at radius 1 is 1.00 bits per heavy atom. The highest BCUT2D eigenvalue weighted by atomic mass is 19.4. The fourth-order valence-corrected chi connectivity index (χ4v) is 2.21. The summed E-state index contributed by atoms with van der Waals surface area (Å²) in [7, 11) is 0. The zero-order valence-electron chi connectivity index (χ0n) is 14.7. The third-order valence-corrected chi connectivity index (χ3v) is 3.60. The number of benzene rings is 2. The molecule has 6 nitrogen and oxygen atoms in total. The Kier molecular flexibility index (Phi) is 6.75. The van der Waals surface area contributed by atoms with E-state index in [2.05, 4.69) is 10.6 Å². The lowest BCUT2D eigenvalue weighted by atomic mass is 10.1. The second kappa shape index (κ2) is 9.03. The smallest absolute Gasteiger partial charge is 0.418 e. The summed E-state index contributed by atoms with van der Waals surface area (Å²) < 4.78 is 43.7. The van der Waals surface area contributed by atoms with E-state index in [9.17, 15) is 27.6 Å². The molecule has 2 aromatic rings. The number of amides is 2. The summed E-state index contributed by atoms with van der Waals surface area (Å²) in [5, 5.41) is 4.42. The Morgan fingerprint density at radius 2 is 1.61 bits per heavy atom. The number of esters is 1. The summed E-state index contributed by atoms with van der Waals surface area (Å²) >= 11 is 0. The zero-order chi connectivity index (χ0) is 20.7. The van der Waals surface area contributed by atoms with Crippen LogP contribution in [0.1, 0.15) is 22.8 Å². The highest BCUT2D eigenvalue weighted by Crippen LogP contribution is 2.34. The zero-order valence-corrected chi connectivity index (χ0v) is 14.7. The Hall–Kier alpha value is -3.36. The number of hydrogen-bond donors (Lipinski definition) is 2. The number of rotatable bonds is 6. The first-order valence-electron chi connectivity index (χ1n) is 8.18. The summed E-state index contributed by atoms with van der Waals surface area (Å²) in [5.74, 6) is -2.34. The van der Waals surface area contributed by atoms with Gasteiger partial charge in [0, 0.05) is 5.56 Å². The van der Waals surface area contributed by atoms with E-state index in [-0.39, 0.29) is 0 Å². The van der Waals surface area contributed by atoms with E-state index >= 15 is 0 Å². The van der Waals surface area contributed by atoms with Crippen LogP contribution in [0.2, 0.25) is 0 Å². The van der Waals surface area contributed by atoms with Crippen molar-refractivity contribution in [2.24, 2.45) is 0 Å². The van der Waals surface area contributed by atoms with Crippen LogP contribution in [0.5, 0.6) is 0 Å². The Balaban J connectivity index is 1.89. The van der Waals surface area contributed by atoms with Crippen molar-refractivity contribution < 1.29 is 32.3 Å². The molecule has 0 aliphatic rings. The van der Waals surface area contributed by atoms with Gasteiger partial charge in [-0.2, -0.15) is 13.2 Å². The quantitative estimate of drug-likeness (QED) is 0.738. The van der Waals surface area contributed by atoms with Crippen LogP contribution in [-0.4, -0.2) is 30.4 Å². The van der Waals surface area contributed by atoms with Crippen molar-refractivity contribution in [1.29, 1.82) is 0 Å². The fourth-order valence-electron chi connectivity index (χ4n) is 2.21. The molecule has 0 bridgehead atoms. The van der Waals surface area contributed by atoms with Gasteiger partial charge in [0.25, 0.3) is 11.8 Å². The van der Waals surface area contributed by atoms with Crippen LogP contribution >= 0.6 is 0 Å². The molecule has 28 heavy (non-hydrogen) atoms. The van der Waals surface area contributed by atoms with Crippen molar-refractivity contribution in [3.05, 3.63) is 65.7 Å². The molecule has 1 atom stereocenters. The highest BCUT2D eigenvalue weighted by molar-refractivity contribution is 5.97. The minimum Gasteiger partial charge on any atom is -0.451 e. The largest absolute Gasteiger partial charge is 0.451 e. The molecular formula is C19H17F3N2O4. The van der Waals surface area contributed by atoms with Gasteiger partial charge in [0.15, 0.2) is 6.10 Å². The van der Waals surface area contributed by atoms with Crippen LogP contribution < -0.4 is 10.6 Å². The SMILES string of the molecule is CC(OC(=O)CNC(=O)c1ccccc1)C(=O)Nc1ccccc1C(F)(F)F. The van der Waals surface area contributed by atoms with Gasteiger partial charge < -0.3 is 15.4 Å². The van der Waals surface area contributed by atoms with E-state index in [0.717, 1.165) is 12.1 Å². The second-order valence-electron chi connectivity index (χ2n) is 5.71. The third kappa shape index (κ3) is 5.83. The molecule has 9 heteroatoms. The maximum atomic E-state index is 12.9. The third-order valence-electron chi connectivity index (χ3n) is 3.60. The van der Waals surface area contributed by atoms with Crippen LogP contribution in [0.25, 0.3) is 0 Å². The lowest BCUT2D eigenvalue weighted by Gasteiger charge is -2.17. The number of para-hydroxylation sites is 1. The first-order valence-corrected chi connectivity index (χ1v) is 8.18. The van der Waals surface area contributed by atoms with Crippen LogP contribution in [0.3, 0.4) is 0 Å². The van der Waals surface area contributed by atoms with Crippen molar-refractivity contribution in [2.45, 2.75) is 19.2 Å². The van der Waals surface area contributed by atoms with E-state index in [1.165, 1.54) is 19.1 Å². The summed E-state index contributed by atoms with van der Waals surface area (Å²) in [6, 6.07) is 12.6. The maximum absolute atomic E-state index is 12.9. The molecule has 2 N–H and O–H groups in total. The molecule has 148 valence electrons. The monoisotopic (exact) mass is 394 g/mol.